The van der Waals surface area contributed by atoms with Crippen LogP contribution in [0.15, 0.2) is 23.1 Å². The molecule has 1 aliphatic carbocycles. The number of rotatable bonds is 4. The Morgan fingerprint density at radius 1 is 1.20 bits per heavy atom. The van der Waals surface area contributed by atoms with Crippen LogP contribution in [-0.4, -0.2) is 37.0 Å². The Kier molecular flexibility index (Phi) is 4.23. The molecular weight excluding hydrogens is 274 g/mol. The lowest BCUT2D eigenvalue weighted by molar-refractivity contribution is 0.138. The van der Waals surface area contributed by atoms with E-state index in [2.05, 4.69) is 0 Å². The first-order chi connectivity index (χ1) is 9.29. The Balaban J connectivity index is 2.40. The number of aliphatic hydroxyl groups is 1. The van der Waals surface area contributed by atoms with Gasteiger partial charge in [-0.1, -0.05) is 6.07 Å². The smallest absolute Gasteiger partial charge is 0.243 e. The van der Waals surface area contributed by atoms with Crippen molar-refractivity contribution in [2.75, 3.05) is 13.7 Å². The van der Waals surface area contributed by atoms with Gasteiger partial charge >= 0.3 is 0 Å². The van der Waals surface area contributed by atoms with E-state index in [1.54, 1.807) is 26.0 Å². The first kappa shape index (κ1) is 15.5. The molecule has 0 amide bonds. The average molecular weight is 297 g/mol. The minimum absolute atomic E-state index is 0.215. The summed E-state index contributed by atoms with van der Waals surface area (Å²) in [7, 11) is -2.05. The van der Waals surface area contributed by atoms with Crippen molar-refractivity contribution in [1.29, 1.82) is 0 Å². The summed E-state index contributed by atoms with van der Waals surface area (Å²) in [5.74, 6) is 0. The zero-order valence-electron chi connectivity index (χ0n) is 12.4. The van der Waals surface area contributed by atoms with Gasteiger partial charge in [0.15, 0.2) is 0 Å². The molecule has 0 fully saturated rings. The summed E-state index contributed by atoms with van der Waals surface area (Å²) in [4.78, 5) is 0.321. The SMILES string of the molecule is CN(C(C)(C)CO)S(=O)(=O)c1ccc2c(c1)CCCC2. The number of hydrogen-bond acceptors (Lipinski definition) is 3. The normalized spacial score (nSPS) is 16.2. The number of sulfonamides is 1. The van der Waals surface area contributed by atoms with Crippen LogP contribution in [0.3, 0.4) is 0 Å². The van der Waals surface area contributed by atoms with Crippen LogP contribution < -0.4 is 0 Å². The molecule has 0 heterocycles. The quantitative estimate of drug-likeness (QED) is 0.924. The zero-order valence-corrected chi connectivity index (χ0v) is 13.2. The highest BCUT2D eigenvalue weighted by molar-refractivity contribution is 7.89. The molecule has 5 heteroatoms. The van der Waals surface area contributed by atoms with Crippen LogP contribution in [0.2, 0.25) is 0 Å². The highest BCUT2D eigenvalue weighted by Crippen LogP contribution is 2.27. The monoisotopic (exact) mass is 297 g/mol. The van der Waals surface area contributed by atoms with Crippen LogP contribution in [-0.2, 0) is 22.9 Å². The van der Waals surface area contributed by atoms with Crippen molar-refractivity contribution in [3.63, 3.8) is 0 Å². The maximum Gasteiger partial charge on any atom is 0.243 e. The fraction of sp³-hybridized carbons (Fsp3) is 0.600. The van der Waals surface area contributed by atoms with Crippen LogP contribution in [0.1, 0.15) is 37.8 Å². The molecule has 1 aliphatic rings. The lowest BCUT2D eigenvalue weighted by Gasteiger charge is -2.33. The van der Waals surface area contributed by atoms with Crippen molar-refractivity contribution in [3.8, 4) is 0 Å². The van der Waals surface area contributed by atoms with Gasteiger partial charge in [0.05, 0.1) is 17.0 Å². The second kappa shape index (κ2) is 5.47. The van der Waals surface area contributed by atoms with E-state index in [0.717, 1.165) is 24.8 Å². The summed E-state index contributed by atoms with van der Waals surface area (Å²) in [6.07, 6.45) is 4.28. The molecule has 4 nitrogen and oxygen atoms in total. The molecule has 20 heavy (non-hydrogen) atoms. The lowest BCUT2D eigenvalue weighted by atomic mass is 9.92. The van der Waals surface area contributed by atoms with Gasteiger partial charge in [-0.15, -0.1) is 0 Å². The summed E-state index contributed by atoms with van der Waals surface area (Å²) in [5, 5.41) is 9.36. The molecule has 1 aromatic carbocycles. The standard InChI is InChI=1S/C15H23NO3S/c1-15(2,11-17)16(3)20(18,19)14-9-8-12-6-4-5-7-13(12)10-14/h8-10,17H,4-7,11H2,1-3H3. The van der Waals surface area contributed by atoms with Gasteiger partial charge < -0.3 is 5.11 Å². The maximum atomic E-state index is 12.6. The van der Waals surface area contributed by atoms with Crippen molar-refractivity contribution in [1.82, 2.24) is 4.31 Å². The third-order valence-corrected chi connectivity index (χ3v) is 6.28. The lowest BCUT2D eigenvalue weighted by Crippen LogP contribution is -2.47. The van der Waals surface area contributed by atoms with Crippen LogP contribution >= 0.6 is 0 Å². The topological polar surface area (TPSA) is 57.6 Å². The minimum Gasteiger partial charge on any atom is -0.394 e. The van der Waals surface area contributed by atoms with E-state index in [-0.39, 0.29) is 6.61 Å². The van der Waals surface area contributed by atoms with Gasteiger partial charge in [-0.25, -0.2) is 8.42 Å². The fourth-order valence-corrected chi connectivity index (χ4v) is 4.01. The van der Waals surface area contributed by atoms with Crippen molar-refractivity contribution in [3.05, 3.63) is 29.3 Å². The van der Waals surface area contributed by atoms with E-state index in [0.29, 0.717) is 4.90 Å². The summed E-state index contributed by atoms with van der Waals surface area (Å²) in [6, 6.07) is 5.42. The van der Waals surface area contributed by atoms with Crippen LogP contribution in [0.5, 0.6) is 0 Å². The molecule has 0 atom stereocenters. The second-order valence-electron chi connectivity index (χ2n) is 6.08. The van der Waals surface area contributed by atoms with Gasteiger partial charge in [-0.3, -0.25) is 0 Å². The molecule has 0 saturated carbocycles. The largest absolute Gasteiger partial charge is 0.394 e. The third-order valence-electron chi connectivity index (χ3n) is 4.22. The molecule has 0 radical (unpaired) electrons. The average Bonchev–Trinajstić information content (AvgIpc) is 2.45. The van der Waals surface area contributed by atoms with E-state index in [9.17, 15) is 13.5 Å². The molecule has 0 bridgehead atoms. The molecule has 2 rings (SSSR count). The van der Waals surface area contributed by atoms with Crippen LogP contribution in [0.4, 0.5) is 0 Å². The fourth-order valence-electron chi connectivity index (χ4n) is 2.45. The minimum atomic E-state index is -3.57. The van der Waals surface area contributed by atoms with Crippen molar-refractivity contribution in [2.24, 2.45) is 0 Å². The number of aryl methyl sites for hydroxylation is 2. The Hall–Kier alpha value is -0.910. The molecule has 1 N–H and O–H groups in total. The van der Waals surface area contributed by atoms with E-state index in [1.165, 1.54) is 23.3 Å². The van der Waals surface area contributed by atoms with E-state index in [4.69, 9.17) is 0 Å². The number of hydrogen-bond donors (Lipinski definition) is 1. The number of nitrogens with zero attached hydrogens (tertiary/aromatic N) is 1. The van der Waals surface area contributed by atoms with Crippen molar-refractivity contribution < 1.29 is 13.5 Å². The highest BCUT2D eigenvalue weighted by atomic mass is 32.2. The highest BCUT2D eigenvalue weighted by Gasteiger charge is 2.33. The third kappa shape index (κ3) is 2.75. The Morgan fingerprint density at radius 3 is 2.40 bits per heavy atom. The first-order valence-electron chi connectivity index (χ1n) is 7.01. The second-order valence-corrected chi connectivity index (χ2v) is 8.05. The van der Waals surface area contributed by atoms with Crippen molar-refractivity contribution >= 4 is 10.0 Å². The van der Waals surface area contributed by atoms with E-state index in [1.807, 2.05) is 6.07 Å². The molecule has 0 aromatic heterocycles. The molecule has 0 unspecified atom stereocenters. The van der Waals surface area contributed by atoms with Crippen LogP contribution in [0.25, 0.3) is 0 Å². The van der Waals surface area contributed by atoms with Gasteiger partial charge in [0.2, 0.25) is 10.0 Å². The number of fused-ring (bicyclic) bond motifs is 1. The Bertz CT molecular complexity index is 593. The predicted molar refractivity (Wildman–Crippen MR) is 79.2 cm³/mol. The first-order valence-corrected chi connectivity index (χ1v) is 8.45. The molecule has 0 saturated heterocycles. The Morgan fingerprint density at radius 2 is 1.80 bits per heavy atom. The number of aliphatic hydroxyl groups excluding tert-OH is 1. The summed E-state index contributed by atoms with van der Waals surface area (Å²) in [5.41, 5.74) is 1.60. The maximum absolute atomic E-state index is 12.6. The number of likely N-dealkylation sites (N-methyl/N-ethyl adjacent to an activating group) is 1. The molecule has 112 valence electrons. The Labute approximate surface area is 121 Å². The zero-order chi connectivity index (χ0) is 15.0. The van der Waals surface area contributed by atoms with Crippen molar-refractivity contribution in [2.45, 2.75) is 50.0 Å². The van der Waals surface area contributed by atoms with Crippen LogP contribution in [0, 0.1) is 0 Å². The van der Waals surface area contributed by atoms with E-state index < -0.39 is 15.6 Å². The summed E-state index contributed by atoms with van der Waals surface area (Å²) in [6.45, 7) is 3.21. The van der Waals surface area contributed by atoms with Gasteiger partial charge in [0.1, 0.15) is 0 Å². The summed E-state index contributed by atoms with van der Waals surface area (Å²) >= 11 is 0. The summed E-state index contributed by atoms with van der Waals surface area (Å²) < 4.78 is 26.5. The van der Waals surface area contributed by atoms with Gasteiger partial charge in [-0.2, -0.15) is 4.31 Å². The number of benzene rings is 1. The molecular formula is C15H23NO3S. The predicted octanol–water partition coefficient (Wildman–Crippen LogP) is 1.96. The molecule has 0 aliphatic heterocycles. The van der Waals surface area contributed by atoms with Gasteiger partial charge in [0, 0.05) is 7.05 Å². The van der Waals surface area contributed by atoms with E-state index >= 15 is 0 Å². The molecule has 0 spiro atoms. The molecule has 1 aromatic rings. The van der Waals surface area contributed by atoms with Gasteiger partial charge in [0.25, 0.3) is 0 Å². The van der Waals surface area contributed by atoms with Gasteiger partial charge in [-0.05, 0) is 62.8 Å².